The molecule has 4 nitrogen and oxygen atoms in total. The van der Waals surface area contributed by atoms with E-state index in [1.165, 1.54) is 0 Å². The van der Waals surface area contributed by atoms with Crippen LogP contribution in [0.2, 0.25) is 0 Å². The van der Waals surface area contributed by atoms with Gasteiger partial charge in [-0.05, 0) is 72.4 Å². The van der Waals surface area contributed by atoms with Gasteiger partial charge in [0.25, 0.3) is 0 Å². The molecular weight excluding hydrogens is 632 g/mol. The van der Waals surface area contributed by atoms with Gasteiger partial charge in [0.15, 0.2) is 0 Å². The van der Waals surface area contributed by atoms with Crippen molar-refractivity contribution in [1.29, 1.82) is 0 Å². The van der Waals surface area contributed by atoms with Crippen molar-refractivity contribution in [2.45, 2.75) is 81.1 Å². The minimum absolute atomic E-state index is 0. The maximum atomic E-state index is 11.4. The molecule has 0 saturated carbocycles. The first-order chi connectivity index (χ1) is 13.5. The summed E-state index contributed by atoms with van der Waals surface area (Å²) < 4.78 is 0. The molecule has 0 aromatic rings. The molecular formula is C20H44Na6O4P2S4. The van der Waals surface area contributed by atoms with E-state index in [0.717, 1.165) is 48.7 Å². The average molecular weight is 677 g/mol. The van der Waals surface area contributed by atoms with E-state index in [0.29, 0.717) is 23.7 Å². The molecule has 0 aromatic carbocycles. The zero-order chi connectivity index (χ0) is 24.1. The predicted octanol–water partition coefficient (Wildman–Crippen LogP) is -14.7. The van der Waals surface area contributed by atoms with Gasteiger partial charge >= 0.3 is 177 Å². The second-order valence-electron chi connectivity index (χ2n) is 9.37. The molecule has 0 heterocycles. The summed E-state index contributed by atoms with van der Waals surface area (Å²) in [5, 5.41) is 0. The first kappa shape index (κ1) is 62.9. The third-order valence-corrected chi connectivity index (χ3v) is 18.2. The molecule has 0 aliphatic carbocycles. The second kappa shape index (κ2) is 35.9. The Bertz CT molecular complexity index is 496. The number of hydrogen-bond acceptors (Lipinski definition) is 6. The van der Waals surface area contributed by atoms with Gasteiger partial charge in [0.1, 0.15) is 0 Å². The van der Waals surface area contributed by atoms with Crippen LogP contribution >= 0.6 is 11.4 Å². The molecule has 0 saturated heterocycles. The largest absolute Gasteiger partial charge is 1.00 e. The van der Waals surface area contributed by atoms with E-state index in [1.807, 2.05) is 0 Å². The molecule has 0 radical (unpaired) electrons. The third-order valence-electron chi connectivity index (χ3n) is 4.36. The Morgan fingerprint density at radius 3 is 0.667 bits per heavy atom. The van der Waals surface area contributed by atoms with E-state index < -0.39 is 31.5 Å². The van der Waals surface area contributed by atoms with E-state index >= 15 is 0 Å². The van der Waals surface area contributed by atoms with Crippen molar-refractivity contribution in [3.63, 3.8) is 0 Å². The van der Waals surface area contributed by atoms with Crippen LogP contribution in [0.25, 0.3) is 0 Å². The topological polar surface area (TPSA) is 92.2 Å². The molecule has 188 valence electrons. The van der Waals surface area contributed by atoms with Gasteiger partial charge in [0.2, 0.25) is 0 Å². The molecule has 16 heteroatoms. The van der Waals surface area contributed by atoms with Gasteiger partial charge in [-0.2, -0.15) is 0 Å². The van der Waals surface area contributed by atoms with Crippen molar-refractivity contribution in [3.05, 3.63) is 0 Å². The maximum Gasteiger partial charge on any atom is 1.00 e. The van der Waals surface area contributed by atoms with Crippen molar-refractivity contribution in [3.8, 4) is 0 Å². The van der Waals surface area contributed by atoms with Crippen LogP contribution in [0.4, 0.5) is 0 Å². The number of hydrogen-bond donors (Lipinski definition) is 0. The summed E-state index contributed by atoms with van der Waals surface area (Å²) in [6, 6.07) is 0. The summed E-state index contributed by atoms with van der Waals surface area (Å²) >= 11 is 9.25. The monoisotopic (exact) mass is 676 g/mol. The van der Waals surface area contributed by atoms with E-state index in [1.54, 1.807) is 0 Å². The summed E-state index contributed by atoms with van der Waals surface area (Å²) in [5.41, 5.74) is -7.05. The van der Waals surface area contributed by atoms with Crippen molar-refractivity contribution >= 4 is 56.0 Å². The summed E-state index contributed by atoms with van der Waals surface area (Å²) in [7, 11) is -1.14. The Kier molecular flexibility index (Phi) is 62.8. The average Bonchev–Trinajstić information content (AvgIpc) is 2.51. The second-order valence-corrected chi connectivity index (χ2v) is 24.9. The van der Waals surface area contributed by atoms with Crippen molar-refractivity contribution in [1.82, 2.24) is 0 Å². The summed E-state index contributed by atoms with van der Waals surface area (Å²) in [6.45, 7) is 16.9. The quantitative estimate of drug-likeness (QED) is 0.116. The Morgan fingerprint density at radius 2 is 0.583 bits per heavy atom. The van der Waals surface area contributed by atoms with Gasteiger partial charge < -0.3 is 55.5 Å². The van der Waals surface area contributed by atoms with E-state index in [2.05, 4.69) is 79.9 Å². The fourth-order valence-corrected chi connectivity index (χ4v) is 13.0. The van der Waals surface area contributed by atoms with Crippen LogP contribution in [-0.4, -0.2) is 23.0 Å². The van der Waals surface area contributed by atoms with Gasteiger partial charge in [-0.15, -0.1) is 0 Å². The molecule has 0 fully saturated rings. The molecule has 0 aliphatic rings. The summed E-state index contributed by atoms with van der Waals surface area (Å²) in [5.74, 6) is 5.26. The molecule has 0 aliphatic heterocycles. The van der Waals surface area contributed by atoms with Crippen molar-refractivity contribution in [2.24, 2.45) is 23.7 Å². The van der Waals surface area contributed by atoms with Crippen LogP contribution in [0.1, 0.15) is 81.1 Å². The van der Waals surface area contributed by atoms with Crippen molar-refractivity contribution in [2.75, 3.05) is 23.0 Å². The van der Waals surface area contributed by atoms with E-state index in [4.69, 9.17) is 0 Å². The smallest absolute Gasteiger partial charge is 0.854 e. The van der Waals surface area contributed by atoms with Gasteiger partial charge in [-0.25, -0.2) is 20.1 Å². The zero-order valence-electron chi connectivity index (χ0n) is 26.1. The van der Waals surface area contributed by atoms with Crippen LogP contribution < -0.4 is 197 Å². The zero-order valence-corrected chi connectivity index (χ0v) is 43.2. The maximum absolute atomic E-state index is 11.4. The Morgan fingerprint density at radius 1 is 0.444 bits per heavy atom. The molecule has 0 bridgehead atoms. The fourth-order valence-electron chi connectivity index (χ4n) is 2.14. The molecule has 0 spiro atoms. The van der Waals surface area contributed by atoms with Gasteiger partial charge in [-0.1, -0.05) is 55.4 Å². The standard InChI is InChI=1S/2C10H22O2PS2.6Na/c2*1-9(2)5-7-15(13(11,12)14)8-6-10(3)4;;;;;;/h2*9-10H,5-8H2,1-4H3;;;;;;/q2*-3;6*+1. The molecule has 0 N–H and O–H groups in total. The predicted molar refractivity (Wildman–Crippen MR) is 141 cm³/mol. The molecule has 0 atom stereocenters. The molecule has 0 amide bonds. The Balaban J connectivity index is -0.0000000622. The summed E-state index contributed by atoms with van der Waals surface area (Å²) in [4.78, 5) is 45.6. The minimum atomic E-state index is -3.53. The van der Waals surface area contributed by atoms with Crippen molar-refractivity contribution < 1.29 is 197 Å². The minimum Gasteiger partial charge on any atom is -0.854 e. The van der Waals surface area contributed by atoms with E-state index in [9.17, 15) is 19.6 Å². The molecule has 0 aromatic heterocycles. The van der Waals surface area contributed by atoms with Crippen LogP contribution in [0, 0.1) is 23.7 Å². The fraction of sp³-hybridized carbons (Fsp3) is 1.00. The van der Waals surface area contributed by atoms with Crippen LogP contribution in [0.3, 0.4) is 0 Å². The molecule has 0 rings (SSSR count). The first-order valence-corrected chi connectivity index (χ1v) is 20.5. The van der Waals surface area contributed by atoms with Gasteiger partial charge in [-0.3, -0.25) is 0 Å². The third kappa shape index (κ3) is 44.2. The van der Waals surface area contributed by atoms with Crippen LogP contribution in [0.5, 0.6) is 0 Å². The Labute approximate surface area is 373 Å². The van der Waals surface area contributed by atoms with Crippen LogP contribution in [0.15, 0.2) is 0 Å². The summed E-state index contributed by atoms with van der Waals surface area (Å²) in [6.07, 6.45) is 3.85. The SMILES string of the molecule is CC(C)CCS(CCC(C)C)=P([O-])([O-])[S-].CC(C)CCS(CCC(C)C)=P([O-])([O-])[S-].[Na+].[Na+].[Na+].[Na+].[Na+].[Na+]. The van der Waals surface area contributed by atoms with Crippen LogP contribution in [-0.2, 0) is 44.6 Å². The molecule has 0 unspecified atom stereocenters. The first-order valence-electron chi connectivity index (χ1n) is 10.9. The van der Waals surface area contributed by atoms with Gasteiger partial charge in [0, 0.05) is 0 Å². The normalized spacial score (nSPS) is 11.0. The molecule has 36 heavy (non-hydrogen) atoms. The Hall–Kier alpha value is 8.10. The van der Waals surface area contributed by atoms with E-state index in [-0.39, 0.29) is 177 Å². The number of rotatable bonds is 12. The van der Waals surface area contributed by atoms with Gasteiger partial charge in [0.05, 0.1) is 0 Å².